The monoisotopic (exact) mass is 321 g/mol. The summed E-state index contributed by atoms with van der Waals surface area (Å²) in [5, 5.41) is 9.19. The maximum absolute atomic E-state index is 13.2. The molecule has 6 heteroatoms. The van der Waals surface area contributed by atoms with Crippen LogP contribution >= 0.6 is 0 Å². The van der Waals surface area contributed by atoms with Gasteiger partial charge in [0.25, 0.3) is 0 Å². The maximum atomic E-state index is 13.2. The topological polar surface area (TPSA) is 74.7 Å². The number of carboxylic acid groups (broad SMARTS) is 1. The van der Waals surface area contributed by atoms with Crippen LogP contribution < -0.4 is 0 Å². The van der Waals surface area contributed by atoms with E-state index in [1.54, 1.807) is 13.8 Å². The Labute approximate surface area is 134 Å². The molecular formula is C17H20FNO4. The number of aliphatic carboxylic acids is 1. The Kier molecular flexibility index (Phi) is 4.82. The molecule has 2 unspecified atom stereocenters. The lowest BCUT2D eigenvalue weighted by Gasteiger charge is -2.21. The minimum Gasteiger partial charge on any atom is -0.481 e. The van der Waals surface area contributed by atoms with Crippen molar-refractivity contribution in [2.75, 3.05) is 13.1 Å². The van der Waals surface area contributed by atoms with E-state index >= 15 is 0 Å². The third-order valence-electron chi connectivity index (χ3n) is 4.38. The van der Waals surface area contributed by atoms with Crippen LogP contribution in [0.15, 0.2) is 24.3 Å². The smallest absolute Gasteiger partial charge is 0.311 e. The highest BCUT2D eigenvalue weighted by Crippen LogP contribution is 2.31. The largest absolute Gasteiger partial charge is 0.481 e. The number of nitrogens with zero attached hydrogens (tertiary/aromatic N) is 1. The van der Waals surface area contributed by atoms with Gasteiger partial charge in [0.1, 0.15) is 5.82 Å². The highest BCUT2D eigenvalue weighted by molar-refractivity contribution is 5.99. The second-order valence-electron chi connectivity index (χ2n) is 6.41. The average Bonchev–Trinajstić information content (AvgIpc) is 2.90. The van der Waals surface area contributed by atoms with E-state index < -0.39 is 23.1 Å². The number of hydrogen-bond acceptors (Lipinski definition) is 3. The predicted octanol–water partition coefficient (Wildman–Crippen LogP) is 2.36. The van der Waals surface area contributed by atoms with Gasteiger partial charge in [0, 0.05) is 31.0 Å². The molecule has 1 amide bonds. The van der Waals surface area contributed by atoms with Crippen molar-refractivity contribution in [1.29, 1.82) is 0 Å². The predicted molar refractivity (Wildman–Crippen MR) is 81.5 cm³/mol. The average molecular weight is 321 g/mol. The van der Waals surface area contributed by atoms with Crippen molar-refractivity contribution in [3.63, 3.8) is 0 Å². The van der Waals surface area contributed by atoms with E-state index in [1.807, 2.05) is 0 Å². The Morgan fingerprint density at radius 1 is 1.39 bits per heavy atom. The Morgan fingerprint density at radius 2 is 2.09 bits per heavy atom. The molecule has 1 saturated heterocycles. The van der Waals surface area contributed by atoms with E-state index in [1.165, 1.54) is 23.1 Å². The second kappa shape index (κ2) is 6.48. The van der Waals surface area contributed by atoms with E-state index in [2.05, 4.69) is 0 Å². The molecule has 1 N–H and O–H groups in total. The number of rotatable bonds is 5. The van der Waals surface area contributed by atoms with Crippen LogP contribution in [0.5, 0.6) is 0 Å². The third-order valence-corrected chi connectivity index (χ3v) is 4.38. The van der Waals surface area contributed by atoms with Crippen molar-refractivity contribution in [1.82, 2.24) is 4.90 Å². The molecule has 124 valence electrons. The standard InChI is InChI=1S/C17H20FNO4/c1-11(15(21)12-4-3-5-13(18)9-12)8-14(20)19-7-6-17(2,10-19)16(22)23/h3-5,9,11H,6-8,10H2,1-2H3,(H,22,23). The quantitative estimate of drug-likeness (QED) is 0.845. The molecule has 1 aromatic rings. The van der Waals surface area contributed by atoms with Crippen LogP contribution in [0.4, 0.5) is 4.39 Å². The lowest BCUT2D eigenvalue weighted by molar-refractivity contribution is -0.147. The van der Waals surface area contributed by atoms with Crippen LogP contribution in [0.1, 0.15) is 37.0 Å². The van der Waals surface area contributed by atoms with Gasteiger partial charge in [-0.3, -0.25) is 14.4 Å². The van der Waals surface area contributed by atoms with Crippen molar-refractivity contribution < 1.29 is 23.9 Å². The number of ketones is 1. The fourth-order valence-electron chi connectivity index (χ4n) is 2.76. The van der Waals surface area contributed by atoms with Crippen molar-refractivity contribution in [2.24, 2.45) is 11.3 Å². The highest BCUT2D eigenvalue weighted by Gasteiger charge is 2.42. The van der Waals surface area contributed by atoms with E-state index in [0.29, 0.717) is 13.0 Å². The van der Waals surface area contributed by atoms with Crippen LogP contribution in [-0.2, 0) is 9.59 Å². The number of halogens is 1. The Bertz CT molecular complexity index is 645. The van der Waals surface area contributed by atoms with Gasteiger partial charge >= 0.3 is 5.97 Å². The van der Waals surface area contributed by atoms with E-state index in [0.717, 1.165) is 6.07 Å². The van der Waals surface area contributed by atoms with Crippen LogP contribution in [0.25, 0.3) is 0 Å². The van der Waals surface area contributed by atoms with Crippen molar-refractivity contribution in [2.45, 2.75) is 26.7 Å². The van der Waals surface area contributed by atoms with Gasteiger partial charge in [-0.05, 0) is 25.5 Å². The summed E-state index contributed by atoms with van der Waals surface area (Å²) in [7, 11) is 0. The number of carboxylic acids is 1. The zero-order valence-electron chi connectivity index (χ0n) is 13.2. The van der Waals surface area contributed by atoms with Gasteiger partial charge in [-0.15, -0.1) is 0 Å². The van der Waals surface area contributed by atoms with E-state index in [4.69, 9.17) is 0 Å². The van der Waals surface area contributed by atoms with Gasteiger partial charge in [-0.2, -0.15) is 0 Å². The fraction of sp³-hybridized carbons (Fsp3) is 0.471. The van der Waals surface area contributed by atoms with Gasteiger partial charge in [-0.1, -0.05) is 19.1 Å². The molecule has 0 aromatic heterocycles. The molecule has 0 bridgehead atoms. The van der Waals surface area contributed by atoms with E-state index in [9.17, 15) is 23.9 Å². The van der Waals surface area contributed by atoms with Crippen LogP contribution in [-0.4, -0.2) is 40.8 Å². The summed E-state index contributed by atoms with van der Waals surface area (Å²) in [6, 6.07) is 5.38. The summed E-state index contributed by atoms with van der Waals surface area (Å²) in [5.74, 6) is -2.53. The minimum atomic E-state index is -0.925. The first kappa shape index (κ1) is 17.1. The molecule has 0 aliphatic carbocycles. The number of carbonyl (C=O) groups excluding carboxylic acids is 2. The SMILES string of the molecule is CC(CC(=O)N1CCC(C)(C(=O)O)C1)C(=O)c1cccc(F)c1. The molecule has 0 radical (unpaired) electrons. The summed E-state index contributed by atoms with van der Waals surface area (Å²) in [4.78, 5) is 37.2. The highest BCUT2D eigenvalue weighted by atomic mass is 19.1. The Hall–Kier alpha value is -2.24. The molecule has 1 heterocycles. The number of Topliss-reactive ketones (excluding diaryl/α,β-unsaturated/α-hetero) is 1. The zero-order valence-corrected chi connectivity index (χ0v) is 13.2. The van der Waals surface area contributed by atoms with Crippen molar-refractivity contribution >= 4 is 17.7 Å². The Balaban J connectivity index is 1.98. The lowest BCUT2D eigenvalue weighted by Crippen LogP contribution is -2.36. The van der Waals surface area contributed by atoms with Crippen LogP contribution in [0, 0.1) is 17.2 Å². The molecular weight excluding hydrogens is 301 g/mol. The molecule has 1 fully saturated rings. The first-order chi connectivity index (χ1) is 10.7. The molecule has 0 saturated carbocycles. The third kappa shape index (κ3) is 3.75. The zero-order chi connectivity index (χ0) is 17.2. The van der Waals surface area contributed by atoms with Gasteiger partial charge in [0.05, 0.1) is 5.41 Å². The van der Waals surface area contributed by atoms with Gasteiger partial charge in [-0.25, -0.2) is 4.39 Å². The van der Waals surface area contributed by atoms with Gasteiger partial charge < -0.3 is 10.0 Å². The molecule has 1 aliphatic heterocycles. The summed E-state index contributed by atoms with van der Waals surface area (Å²) < 4.78 is 13.2. The molecule has 0 spiro atoms. The van der Waals surface area contributed by atoms with Gasteiger partial charge in [0.15, 0.2) is 5.78 Å². The maximum Gasteiger partial charge on any atom is 0.311 e. The van der Waals surface area contributed by atoms with Gasteiger partial charge in [0.2, 0.25) is 5.91 Å². The van der Waals surface area contributed by atoms with Crippen LogP contribution in [0.3, 0.4) is 0 Å². The molecule has 2 atom stereocenters. The second-order valence-corrected chi connectivity index (χ2v) is 6.41. The first-order valence-corrected chi connectivity index (χ1v) is 7.54. The van der Waals surface area contributed by atoms with Crippen LogP contribution in [0.2, 0.25) is 0 Å². The van der Waals surface area contributed by atoms with Crippen molar-refractivity contribution in [3.8, 4) is 0 Å². The molecule has 1 aromatic carbocycles. The number of hydrogen-bond donors (Lipinski definition) is 1. The summed E-state index contributed by atoms with van der Waals surface area (Å²) in [6.07, 6.45) is 0.394. The first-order valence-electron chi connectivity index (χ1n) is 7.54. The molecule has 5 nitrogen and oxygen atoms in total. The molecule has 1 aliphatic rings. The van der Waals surface area contributed by atoms with E-state index in [-0.39, 0.29) is 30.2 Å². The van der Waals surface area contributed by atoms with Crippen molar-refractivity contribution in [3.05, 3.63) is 35.6 Å². The number of amides is 1. The lowest BCUT2D eigenvalue weighted by atomic mass is 9.90. The molecule has 2 rings (SSSR count). The number of likely N-dealkylation sites (tertiary alicyclic amines) is 1. The normalized spacial score (nSPS) is 22.0. The summed E-state index contributed by atoms with van der Waals surface area (Å²) in [6.45, 7) is 3.77. The molecule has 23 heavy (non-hydrogen) atoms. The number of carbonyl (C=O) groups is 3. The number of benzene rings is 1. The Morgan fingerprint density at radius 3 is 2.65 bits per heavy atom. The summed E-state index contributed by atoms with van der Waals surface area (Å²) in [5.41, 5.74) is -0.687. The fourth-order valence-corrected chi connectivity index (χ4v) is 2.76. The summed E-state index contributed by atoms with van der Waals surface area (Å²) >= 11 is 0. The minimum absolute atomic E-state index is 0.00888.